The molecule has 0 aromatic carbocycles. The zero-order chi connectivity index (χ0) is 15.7. The molecule has 0 fully saturated rings. The van der Waals surface area contributed by atoms with Crippen molar-refractivity contribution in [1.82, 2.24) is 24.9 Å². The van der Waals surface area contributed by atoms with Gasteiger partial charge in [-0.1, -0.05) is 12.1 Å². The highest BCUT2D eigenvalue weighted by Gasteiger charge is 2.19. The van der Waals surface area contributed by atoms with Crippen LogP contribution < -0.4 is 0 Å². The fourth-order valence-corrected chi connectivity index (χ4v) is 2.56. The van der Waals surface area contributed by atoms with Crippen LogP contribution >= 0.6 is 0 Å². The lowest BCUT2D eigenvalue weighted by atomic mass is 9.99. The maximum Gasteiger partial charge on any atom is 0.230 e. The van der Waals surface area contributed by atoms with Crippen LogP contribution in [-0.4, -0.2) is 24.9 Å². The van der Waals surface area contributed by atoms with E-state index in [1.54, 1.807) is 12.4 Å². The second-order valence-corrected chi connectivity index (χ2v) is 5.57. The summed E-state index contributed by atoms with van der Waals surface area (Å²) < 4.78 is 7.34. The molecule has 22 heavy (non-hydrogen) atoms. The first-order valence-electron chi connectivity index (χ1n) is 7.29. The van der Waals surface area contributed by atoms with Gasteiger partial charge in [0.05, 0.1) is 5.69 Å². The fraction of sp³-hybridized carbons (Fsp3) is 0.375. The van der Waals surface area contributed by atoms with Gasteiger partial charge in [-0.05, 0) is 38.0 Å². The van der Waals surface area contributed by atoms with E-state index in [9.17, 15) is 0 Å². The lowest BCUT2D eigenvalue weighted by molar-refractivity contribution is 0.358. The molecule has 0 saturated carbocycles. The topological polar surface area (TPSA) is 69.6 Å². The highest BCUT2D eigenvalue weighted by Crippen LogP contribution is 2.24. The minimum absolute atomic E-state index is 0.143. The molecule has 0 N–H and O–H groups in total. The van der Waals surface area contributed by atoms with Crippen molar-refractivity contribution in [3.05, 3.63) is 47.4 Å². The van der Waals surface area contributed by atoms with Crippen LogP contribution in [0.1, 0.15) is 35.7 Å². The van der Waals surface area contributed by atoms with Gasteiger partial charge in [-0.2, -0.15) is 10.1 Å². The zero-order valence-corrected chi connectivity index (χ0v) is 13.2. The van der Waals surface area contributed by atoms with Gasteiger partial charge in [-0.15, -0.1) is 0 Å². The predicted octanol–water partition coefficient (Wildman–Crippen LogP) is 2.83. The van der Waals surface area contributed by atoms with Crippen LogP contribution in [0.4, 0.5) is 0 Å². The summed E-state index contributed by atoms with van der Waals surface area (Å²) in [5.74, 6) is 1.39. The second-order valence-electron chi connectivity index (χ2n) is 5.57. The van der Waals surface area contributed by atoms with Crippen molar-refractivity contribution in [3.63, 3.8) is 0 Å². The van der Waals surface area contributed by atoms with E-state index < -0.39 is 0 Å². The number of aryl methyl sites for hydroxylation is 2. The van der Waals surface area contributed by atoms with Gasteiger partial charge < -0.3 is 4.52 Å². The molecule has 0 radical (unpaired) electrons. The summed E-state index contributed by atoms with van der Waals surface area (Å²) in [6.07, 6.45) is 4.28. The Morgan fingerprint density at radius 3 is 2.59 bits per heavy atom. The smallest absolute Gasteiger partial charge is 0.230 e. The molecule has 114 valence electrons. The largest absolute Gasteiger partial charge is 0.339 e. The van der Waals surface area contributed by atoms with E-state index in [0.29, 0.717) is 11.7 Å². The third-order valence-electron chi connectivity index (χ3n) is 3.97. The van der Waals surface area contributed by atoms with E-state index >= 15 is 0 Å². The molecule has 0 aliphatic carbocycles. The molecule has 0 aliphatic heterocycles. The first-order chi connectivity index (χ1) is 10.6. The average molecular weight is 297 g/mol. The molecule has 6 nitrogen and oxygen atoms in total. The van der Waals surface area contributed by atoms with E-state index in [4.69, 9.17) is 4.52 Å². The summed E-state index contributed by atoms with van der Waals surface area (Å²) in [4.78, 5) is 8.50. The third-order valence-corrected chi connectivity index (χ3v) is 3.97. The predicted molar refractivity (Wildman–Crippen MR) is 82.3 cm³/mol. The Bertz CT molecular complexity index is 775. The lowest BCUT2D eigenvalue weighted by Gasteiger charge is -2.06. The number of nitrogens with zero attached hydrogens (tertiary/aromatic N) is 5. The molecule has 0 saturated heterocycles. The van der Waals surface area contributed by atoms with Gasteiger partial charge in [-0.3, -0.25) is 9.67 Å². The Labute approximate surface area is 129 Å². The molecule has 0 amide bonds. The minimum Gasteiger partial charge on any atom is -0.339 e. The van der Waals surface area contributed by atoms with Gasteiger partial charge in [0.1, 0.15) is 0 Å². The molecular weight excluding hydrogens is 278 g/mol. The number of pyridine rings is 1. The van der Waals surface area contributed by atoms with Crippen molar-refractivity contribution in [2.45, 2.75) is 33.1 Å². The molecule has 3 heterocycles. The van der Waals surface area contributed by atoms with Crippen LogP contribution in [0.15, 0.2) is 29.0 Å². The highest BCUT2D eigenvalue weighted by atomic mass is 16.5. The average Bonchev–Trinajstić information content (AvgIpc) is 3.10. The van der Waals surface area contributed by atoms with Gasteiger partial charge in [0.25, 0.3) is 0 Å². The fourth-order valence-electron chi connectivity index (χ4n) is 2.56. The van der Waals surface area contributed by atoms with Gasteiger partial charge in [0.15, 0.2) is 0 Å². The molecule has 0 aliphatic rings. The van der Waals surface area contributed by atoms with Gasteiger partial charge in [0.2, 0.25) is 11.7 Å². The number of hydrogen-bond donors (Lipinski definition) is 0. The van der Waals surface area contributed by atoms with E-state index in [0.717, 1.165) is 17.7 Å². The van der Waals surface area contributed by atoms with Crippen LogP contribution in [0.5, 0.6) is 0 Å². The molecule has 6 heteroatoms. The quantitative estimate of drug-likeness (QED) is 0.740. The first kappa shape index (κ1) is 14.4. The SMILES string of the molecule is Cc1nn(C)c(C)c1CC(C)c1nc(-c2ccncc2)no1. The number of rotatable bonds is 4. The summed E-state index contributed by atoms with van der Waals surface area (Å²) >= 11 is 0. The molecule has 1 atom stereocenters. The Morgan fingerprint density at radius 2 is 1.95 bits per heavy atom. The van der Waals surface area contributed by atoms with Crippen LogP contribution in [0.25, 0.3) is 11.4 Å². The first-order valence-corrected chi connectivity index (χ1v) is 7.29. The summed E-state index contributed by atoms with van der Waals surface area (Å²) in [7, 11) is 1.96. The van der Waals surface area contributed by atoms with E-state index in [-0.39, 0.29) is 5.92 Å². The summed E-state index contributed by atoms with van der Waals surface area (Å²) in [5, 5.41) is 8.52. The minimum atomic E-state index is 0.143. The van der Waals surface area contributed by atoms with Crippen molar-refractivity contribution in [1.29, 1.82) is 0 Å². The van der Waals surface area contributed by atoms with E-state index in [2.05, 4.69) is 34.1 Å². The van der Waals surface area contributed by atoms with Crippen molar-refractivity contribution < 1.29 is 4.52 Å². The standard InChI is InChI=1S/C16H19N5O/c1-10(9-14-11(2)19-21(4)12(14)3)16-18-15(20-22-16)13-5-7-17-8-6-13/h5-8,10H,9H2,1-4H3. The maximum atomic E-state index is 5.43. The van der Waals surface area contributed by atoms with Crippen LogP contribution in [0.2, 0.25) is 0 Å². The van der Waals surface area contributed by atoms with Crippen LogP contribution in [0.3, 0.4) is 0 Å². The van der Waals surface area contributed by atoms with Crippen molar-refractivity contribution in [3.8, 4) is 11.4 Å². The number of aromatic nitrogens is 5. The molecule has 1 unspecified atom stereocenters. The molecule has 3 aromatic rings. The van der Waals surface area contributed by atoms with Gasteiger partial charge in [0, 0.05) is 36.6 Å². The maximum absolute atomic E-state index is 5.43. The Kier molecular flexibility index (Phi) is 3.75. The summed E-state index contributed by atoms with van der Waals surface area (Å²) in [6, 6.07) is 3.74. The van der Waals surface area contributed by atoms with Crippen molar-refractivity contribution >= 4 is 0 Å². The normalized spacial score (nSPS) is 12.5. The molecule has 3 rings (SSSR count). The van der Waals surface area contributed by atoms with Crippen LogP contribution in [-0.2, 0) is 13.5 Å². The Morgan fingerprint density at radius 1 is 1.23 bits per heavy atom. The summed E-state index contributed by atoms with van der Waals surface area (Å²) in [6.45, 7) is 6.21. The third kappa shape index (κ3) is 2.64. The van der Waals surface area contributed by atoms with E-state index in [1.165, 1.54) is 11.3 Å². The Balaban J connectivity index is 1.81. The van der Waals surface area contributed by atoms with E-state index in [1.807, 2.05) is 30.8 Å². The van der Waals surface area contributed by atoms with Crippen LogP contribution in [0, 0.1) is 13.8 Å². The van der Waals surface area contributed by atoms with Crippen molar-refractivity contribution in [2.24, 2.45) is 7.05 Å². The number of hydrogen-bond acceptors (Lipinski definition) is 5. The zero-order valence-electron chi connectivity index (χ0n) is 13.2. The molecular formula is C16H19N5O. The van der Waals surface area contributed by atoms with Crippen molar-refractivity contribution in [2.75, 3.05) is 0 Å². The monoisotopic (exact) mass is 297 g/mol. The van der Waals surface area contributed by atoms with Gasteiger partial charge >= 0.3 is 0 Å². The Hall–Kier alpha value is -2.50. The summed E-state index contributed by atoms with van der Waals surface area (Å²) in [5.41, 5.74) is 4.39. The molecule has 0 bridgehead atoms. The molecule has 0 spiro atoms. The van der Waals surface area contributed by atoms with Gasteiger partial charge in [-0.25, -0.2) is 0 Å². The highest BCUT2D eigenvalue weighted by molar-refractivity contribution is 5.52. The lowest BCUT2D eigenvalue weighted by Crippen LogP contribution is -2.01. The second kappa shape index (κ2) is 5.71. The molecule has 3 aromatic heterocycles.